The van der Waals surface area contributed by atoms with Crippen molar-refractivity contribution < 1.29 is 0 Å². The van der Waals surface area contributed by atoms with Gasteiger partial charge in [-0.3, -0.25) is 0 Å². The molecule has 0 spiro atoms. The van der Waals surface area contributed by atoms with E-state index in [-0.39, 0.29) is 0 Å². The van der Waals surface area contributed by atoms with E-state index in [0.717, 1.165) is 19.6 Å². The first-order valence-corrected chi connectivity index (χ1v) is 6.46. The number of rotatable bonds is 6. The van der Waals surface area contributed by atoms with Crippen molar-refractivity contribution in [1.82, 2.24) is 14.9 Å². The summed E-state index contributed by atoms with van der Waals surface area (Å²) in [5.74, 6) is 0.602. The summed E-state index contributed by atoms with van der Waals surface area (Å²) in [4.78, 5) is 4.05. The highest BCUT2D eigenvalue weighted by molar-refractivity contribution is 5.20. The summed E-state index contributed by atoms with van der Waals surface area (Å²) in [7, 11) is 0. The van der Waals surface area contributed by atoms with Gasteiger partial charge in [0.25, 0.3) is 0 Å². The Balaban J connectivity index is 1.70. The van der Waals surface area contributed by atoms with Gasteiger partial charge in [0, 0.05) is 25.5 Å². The lowest BCUT2D eigenvalue weighted by molar-refractivity contribution is 0.445. The van der Waals surface area contributed by atoms with Crippen LogP contribution in [0.1, 0.15) is 18.1 Å². The highest BCUT2D eigenvalue weighted by Crippen LogP contribution is 2.03. The highest BCUT2D eigenvalue weighted by Gasteiger charge is 2.02. The Morgan fingerprint density at radius 1 is 1.28 bits per heavy atom. The Morgan fingerprint density at radius 3 is 2.72 bits per heavy atom. The Labute approximate surface area is 109 Å². The molecule has 1 aromatic heterocycles. The van der Waals surface area contributed by atoms with Gasteiger partial charge in [-0.1, -0.05) is 36.8 Å². The molecule has 1 heterocycles. The SMILES string of the molecule is Cc1ccc(CNCC(C)Cn2ccnc2)cc1. The predicted octanol–water partition coefficient (Wildman–Crippen LogP) is 2.62. The van der Waals surface area contributed by atoms with E-state index in [1.54, 1.807) is 0 Å². The number of benzene rings is 1. The molecule has 2 rings (SSSR count). The van der Waals surface area contributed by atoms with Gasteiger partial charge in [-0.15, -0.1) is 0 Å². The number of nitrogens with one attached hydrogen (secondary N) is 1. The van der Waals surface area contributed by atoms with E-state index in [2.05, 4.69) is 53.0 Å². The third kappa shape index (κ3) is 4.00. The van der Waals surface area contributed by atoms with Gasteiger partial charge >= 0.3 is 0 Å². The lowest BCUT2D eigenvalue weighted by Crippen LogP contribution is -2.23. The molecule has 1 N–H and O–H groups in total. The lowest BCUT2D eigenvalue weighted by atomic mass is 10.1. The quantitative estimate of drug-likeness (QED) is 0.845. The topological polar surface area (TPSA) is 29.9 Å². The molecular weight excluding hydrogens is 222 g/mol. The molecule has 18 heavy (non-hydrogen) atoms. The van der Waals surface area contributed by atoms with E-state index >= 15 is 0 Å². The van der Waals surface area contributed by atoms with E-state index in [9.17, 15) is 0 Å². The number of nitrogens with zero attached hydrogens (tertiary/aromatic N) is 2. The van der Waals surface area contributed by atoms with Crippen LogP contribution in [0.25, 0.3) is 0 Å². The average Bonchev–Trinajstić information content (AvgIpc) is 2.84. The number of imidazole rings is 1. The molecular formula is C15H21N3. The summed E-state index contributed by atoms with van der Waals surface area (Å²) in [5.41, 5.74) is 2.66. The maximum absolute atomic E-state index is 4.05. The van der Waals surface area contributed by atoms with E-state index in [0.29, 0.717) is 5.92 Å². The molecule has 0 aliphatic heterocycles. The van der Waals surface area contributed by atoms with Crippen LogP contribution in [0.15, 0.2) is 43.0 Å². The maximum atomic E-state index is 4.05. The van der Waals surface area contributed by atoms with Gasteiger partial charge in [0.15, 0.2) is 0 Å². The summed E-state index contributed by atoms with van der Waals surface area (Å²) in [6.07, 6.45) is 5.71. The molecule has 0 radical (unpaired) electrons. The highest BCUT2D eigenvalue weighted by atomic mass is 15.0. The average molecular weight is 243 g/mol. The normalized spacial score (nSPS) is 12.6. The molecule has 1 unspecified atom stereocenters. The Hall–Kier alpha value is -1.61. The Bertz CT molecular complexity index is 445. The van der Waals surface area contributed by atoms with Crippen molar-refractivity contribution in [3.63, 3.8) is 0 Å². The van der Waals surface area contributed by atoms with Gasteiger partial charge in [-0.05, 0) is 24.9 Å². The van der Waals surface area contributed by atoms with Crippen molar-refractivity contribution in [2.24, 2.45) is 5.92 Å². The smallest absolute Gasteiger partial charge is 0.0946 e. The van der Waals surface area contributed by atoms with Crippen LogP contribution >= 0.6 is 0 Å². The summed E-state index contributed by atoms with van der Waals surface area (Å²) >= 11 is 0. The summed E-state index contributed by atoms with van der Waals surface area (Å²) < 4.78 is 2.12. The van der Waals surface area contributed by atoms with Crippen LogP contribution in [0.5, 0.6) is 0 Å². The van der Waals surface area contributed by atoms with E-state index in [4.69, 9.17) is 0 Å². The van der Waals surface area contributed by atoms with Crippen LogP contribution in [-0.4, -0.2) is 16.1 Å². The number of hydrogen-bond donors (Lipinski definition) is 1. The molecule has 0 aliphatic carbocycles. The first-order valence-electron chi connectivity index (χ1n) is 6.46. The van der Waals surface area contributed by atoms with Crippen molar-refractivity contribution in [3.8, 4) is 0 Å². The standard InChI is InChI=1S/C15H21N3/c1-13-3-5-15(6-4-13)10-17-9-14(2)11-18-8-7-16-12-18/h3-8,12,14,17H,9-11H2,1-2H3. The Kier molecular flexibility index (Phi) is 4.53. The molecule has 1 atom stereocenters. The third-order valence-corrected chi connectivity index (χ3v) is 3.02. The number of hydrogen-bond acceptors (Lipinski definition) is 2. The first kappa shape index (κ1) is 12.8. The minimum Gasteiger partial charge on any atom is -0.337 e. The fourth-order valence-corrected chi connectivity index (χ4v) is 1.99. The molecule has 3 heteroatoms. The molecule has 1 aromatic carbocycles. The van der Waals surface area contributed by atoms with Crippen molar-refractivity contribution >= 4 is 0 Å². The second-order valence-corrected chi connectivity index (χ2v) is 4.98. The molecule has 0 aliphatic rings. The zero-order valence-electron chi connectivity index (χ0n) is 11.1. The molecule has 3 nitrogen and oxygen atoms in total. The van der Waals surface area contributed by atoms with Crippen LogP contribution in [0, 0.1) is 12.8 Å². The van der Waals surface area contributed by atoms with Crippen LogP contribution in [-0.2, 0) is 13.1 Å². The Morgan fingerprint density at radius 2 is 2.06 bits per heavy atom. The van der Waals surface area contributed by atoms with E-state index < -0.39 is 0 Å². The second kappa shape index (κ2) is 6.36. The zero-order chi connectivity index (χ0) is 12.8. The van der Waals surface area contributed by atoms with Crippen LogP contribution in [0.4, 0.5) is 0 Å². The molecule has 96 valence electrons. The molecule has 0 saturated carbocycles. The molecule has 0 saturated heterocycles. The van der Waals surface area contributed by atoms with Crippen LogP contribution in [0.2, 0.25) is 0 Å². The summed E-state index contributed by atoms with van der Waals surface area (Å²) in [6, 6.07) is 8.68. The van der Waals surface area contributed by atoms with Crippen molar-refractivity contribution in [1.29, 1.82) is 0 Å². The van der Waals surface area contributed by atoms with Gasteiger partial charge in [-0.25, -0.2) is 4.98 Å². The summed E-state index contributed by atoms with van der Waals surface area (Å²) in [6.45, 7) is 7.34. The van der Waals surface area contributed by atoms with Crippen molar-refractivity contribution in [2.45, 2.75) is 26.9 Å². The minimum atomic E-state index is 0.602. The van der Waals surface area contributed by atoms with Crippen molar-refractivity contribution in [3.05, 3.63) is 54.1 Å². The van der Waals surface area contributed by atoms with Gasteiger partial charge in [-0.2, -0.15) is 0 Å². The fraction of sp³-hybridized carbons (Fsp3) is 0.400. The third-order valence-electron chi connectivity index (χ3n) is 3.02. The second-order valence-electron chi connectivity index (χ2n) is 4.98. The number of aryl methyl sites for hydroxylation is 1. The van der Waals surface area contributed by atoms with E-state index in [1.165, 1.54) is 11.1 Å². The largest absolute Gasteiger partial charge is 0.337 e. The van der Waals surface area contributed by atoms with Crippen molar-refractivity contribution in [2.75, 3.05) is 6.54 Å². The first-order chi connectivity index (χ1) is 8.74. The van der Waals surface area contributed by atoms with Crippen LogP contribution in [0.3, 0.4) is 0 Å². The predicted molar refractivity (Wildman–Crippen MR) is 74.3 cm³/mol. The lowest BCUT2D eigenvalue weighted by Gasteiger charge is -2.13. The van der Waals surface area contributed by atoms with E-state index in [1.807, 2.05) is 18.7 Å². The maximum Gasteiger partial charge on any atom is 0.0946 e. The van der Waals surface area contributed by atoms with Gasteiger partial charge in [0.2, 0.25) is 0 Å². The van der Waals surface area contributed by atoms with Gasteiger partial charge in [0.05, 0.1) is 6.33 Å². The monoisotopic (exact) mass is 243 g/mol. The zero-order valence-corrected chi connectivity index (χ0v) is 11.1. The molecule has 0 amide bonds. The number of aromatic nitrogens is 2. The molecule has 2 aromatic rings. The van der Waals surface area contributed by atoms with Gasteiger partial charge in [0.1, 0.15) is 0 Å². The molecule has 0 bridgehead atoms. The minimum absolute atomic E-state index is 0.602. The fourth-order valence-electron chi connectivity index (χ4n) is 1.99. The summed E-state index contributed by atoms with van der Waals surface area (Å²) in [5, 5.41) is 3.50. The van der Waals surface area contributed by atoms with Crippen LogP contribution < -0.4 is 5.32 Å². The molecule has 0 fully saturated rings. The van der Waals surface area contributed by atoms with Gasteiger partial charge < -0.3 is 9.88 Å².